The number of carbonyl (C=O) groups is 2. The lowest BCUT2D eigenvalue weighted by Gasteiger charge is -2.16. The summed E-state index contributed by atoms with van der Waals surface area (Å²) in [6.07, 6.45) is 1.97. The third-order valence-electron chi connectivity index (χ3n) is 3.77. The van der Waals surface area contributed by atoms with Gasteiger partial charge < -0.3 is 10.2 Å². The summed E-state index contributed by atoms with van der Waals surface area (Å²) in [4.78, 5) is 26.2. The first-order chi connectivity index (χ1) is 11.9. The monoisotopic (exact) mass is 362 g/mol. The second kappa shape index (κ2) is 8.62. The number of nitrogens with zero attached hydrogens (tertiary/aromatic N) is 1. The summed E-state index contributed by atoms with van der Waals surface area (Å²) in [6.45, 7) is 2.77. The summed E-state index contributed by atoms with van der Waals surface area (Å²) in [5.74, 6) is -0.985. The molecular weight excluding hydrogens is 343 g/mol. The third-order valence-corrected chi connectivity index (χ3v) is 4.05. The van der Waals surface area contributed by atoms with E-state index in [1.807, 2.05) is 0 Å². The minimum absolute atomic E-state index is 0.0612. The smallest absolute Gasteiger partial charge is 0.255 e. The maximum Gasteiger partial charge on any atom is 0.255 e. The second-order valence-electron chi connectivity index (χ2n) is 5.74. The number of rotatable bonds is 6. The van der Waals surface area contributed by atoms with Gasteiger partial charge in [0.2, 0.25) is 0 Å². The number of amides is 2. The first kappa shape index (κ1) is 18.9. The van der Waals surface area contributed by atoms with Crippen LogP contribution in [0.4, 0.5) is 10.1 Å². The van der Waals surface area contributed by atoms with Gasteiger partial charge in [-0.15, -0.1) is 0 Å². The van der Waals surface area contributed by atoms with E-state index >= 15 is 0 Å². The number of nitrogens with one attached hydrogen (secondary N) is 1. The number of unbranched alkanes of at least 4 members (excludes halogenated alkanes) is 1. The Morgan fingerprint density at radius 3 is 2.36 bits per heavy atom. The Labute approximate surface area is 151 Å². The minimum atomic E-state index is -0.547. The fourth-order valence-corrected chi connectivity index (χ4v) is 2.44. The van der Waals surface area contributed by atoms with Gasteiger partial charge >= 0.3 is 0 Å². The molecule has 25 heavy (non-hydrogen) atoms. The number of anilines is 1. The molecule has 0 aromatic heterocycles. The third kappa shape index (κ3) is 5.03. The van der Waals surface area contributed by atoms with E-state index in [-0.39, 0.29) is 16.8 Å². The molecule has 0 heterocycles. The molecule has 0 atom stereocenters. The highest BCUT2D eigenvalue weighted by molar-refractivity contribution is 6.31. The Bertz CT molecular complexity index is 763. The standard InChI is InChI=1S/C19H20ClFN2O2/c1-3-4-11-23(2)19(25)14-7-5-13(6-8-14)18(24)22-15-9-10-17(21)16(20)12-15/h5-10,12H,3-4,11H2,1-2H3,(H,22,24). The molecule has 2 aromatic rings. The molecule has 0 radical (unpaired) electrons. The Kier molecular flexibility index (Phi) is 6.53. The molecule has 0 saturated heterocycles. The van der Waals surface area contributed by atoms with E-state index in [4.69, 9.17) is 11.6 Å². The zero-order valence-corrected chi connectivity index (χ0v) is 14.9. The van der Waals surface area contributed by atoms with Gasteiger partial charge in [0.05, 0.1) is 5.02 Å². The number of hydrogen-bond acceptors (Lipinski definition) is 2. The number of carbonyl (C=O) groups excluding carboxylic acids is 2. The SMILES string of the molecule is CCCCN(C)C(=O)c1ccc(C(=O)Nc2ccc(F)c(Cl)c2)cc1. The highest BCUT2D eigenvalue weighted by atomic mass is 35.5. The molecule has 2 aromatic carbocycles. The number of hydrogen-bond donors (Lipinski definition) is 1. The van der Waals surface area contributed by atoms with Crippen molar-refractivity contribution >= 4 is 29.1 Å². The molecular formula is C19H20ClFN2O2. The van der Waals surface area contributed by atoms with E-state index in [2.05, 4.69) is 12.2 Å². The summed E-state index contributed by atoms with van der Waals surface area (Å²) < 4.78 is 13.1. The number of benzene rings is 2. The topological polar surface area (TPSA) is 49.4 Å². The quantitative estimate of drug-likeness (QED) is 0.816. The van der Waals surface area contributed by atoms with Gasteiger partial charge in [-0.25, -0.2) is 4.39 Å². The van der Waals surface area contributed by atoms with Crippen molar-refractivity contribution in [3.8, 4) is 0 Å². The number of halogens is 2. The predicted octanol–water partition coefficient (Wildman–Crippen LogP) is 4.60. The van der Waals surface area contributed by atoms with Gasteiger partial charge in [-0.2, -0.15) is 0 Å². The predicted molar refractivity (Wildman–Crippen MR) is 97.7 cm³/mol. The van der Waals surface area contributed by atoms with Crippen molar-refractivity contribution in [2.24, 2.45) is 0 Å². The molecule has 4 nitrogen and oxygen atoms in total. The van der Waals surface area contributed by atoms with Gasteiger partial charge in [-0.3, -0.25) is 9.59 Å². The van der Waals surface area contributed by atoms with E-state index in [0.29, 0.717) is 23.4 Å². The highest BCUT2D eigenvalue weighted by Gasteiger charge is 2.13. The Hall–Kier alpha value is -2.40. The van der Waals surface area contributed by atoms with Crippen molar-refractivity contribution in [3.05, 3.63) is 64.4 Å². The summed E-state index contributed by atoms with van der Waals surface area (Å²) in [5, 5.41) is 2.58. The van der Waals surface area contributed by atoms with Crippen molar-refractivity contribution < 1.29 is 14.0 Å². The van der Waals surface area contributed by atoms with Crippen LogP contribution in [-0.2, 0) is 0 Å². The maximum atomic E-state index is 13.1. The fraction of sp³-hybridized carbons (Fsp3) is 0.263. The van der Waals surface area contributed by atoms with Crippen molar-refractivity contribution in [1.29, 1.82) is 0 Å². The van der Waals surface area contributed by atoms with E-state index in [0.717, 1.165) is 12.8 Å². The molecule has 0 spiro atoms. The zero-order valence-electron chi connectivity index (χ0n) is 14.2. The van der Waals surface area contributed by atoms with E-state index in [9.17, 15) is 14.0 Å². The van der Waals surface area contributed by atoms with Crippen LogP contribution in [0.3, 0.4) is 0 Å². The van der Waals surface area contributed by atoms with E-state index in [1.165, 1.54) is 18.2 Å². The largest absolute Gasteiger partial charge is 0.342 e. The van der Waals surface area contributed by atoms with Crippen molar-refractivity contribution in [2.75, 3.05) is 18.9 Å². The van der Waals surface area contributed by atoms with Crippen molar-refractivity contribution in [2.45, 2.75) is 19.8 Å². The molecule has 0 aliphatic heterocycles. The lowest BCUT2D eigenvalue weighted by Crippen LogP contribution is -2.27. The summed E-state index contributed by atoms with van der Waals surface area (Å²) >= 11 is 5.70. The van der Waals surface area contributed by atoms with Gasteiger partial charge in [0, 0.05) is 30.4 Å². The van der Waals surface area contributed by atoms with Crippen LogP contribution in [0.1, 0.15) is 40.5 Å². The molecule has 0 aliphatic carbocycles. The summed E-state index contributed by atoms with van der Waals surface area (Å²) in [7, 11) is 1.76. The van der Waals surface area contributed by atoms with E-state index < -0.39 is 5.82 Å². The average Bonchev–Trinajstić information content (AvgIpc) is 2.62. The van der Waals surface area contributed by atoms with Gasteiger partial charge in [-0.05, 0) is 48.9 Å². The van der Waals surface area contributed by atoms with E-state index in [1.54, 1.807) is 36.2 Å². The fourth-order valence-electron chi connectivity index (χ4n) is 2.26. The normalized spacial score (nSPS) is 10.4. The van der Waals surface area contributed by atoms with Gasteiger partial charge in [0.1, 0.15) is 5.82 Å². The Morgan fingerprint density at radius 2 is 1.76 bits per heavy atom. The van der Waals surface area contributed by atoms with Crippen LogP contribution in [0.25, 0.3) is 0 Å². The lowest BCUT2D eigenvalue weighted by molar-refractivity contribution is 0.0792. The van der Waals surface area contributed by atoms with Crippen LogP contribution in [0.15, 0.2) is 42.5 Å². The molecule has 0 aliphatic rings. The van der Waals surface area contributed by atoms with Crippen molar-refractivity contribution in [1.82, 2.24) is 4.90 Å². The van der Waals surface area contributed by atoms with Gasteiger partial charge in [0.15, 0.2) is 0 Å². The summed E-state index contributed by atoms with van der Waals surface area (Å²) in [5.41, 5.74) is 1.32. The Balaban J connectivity index is 2.04. The Morgan fingerprint density at radius 1 is 1.12 bits per heavy atom. The van der Waals surface area contributed by atoms with Crippen LogP contribution in [0.2, 0.25) is 5.02 Å². The zero-order chi connectivity index (χ0) is 18.4. The van der Waals surface area contributed by atoms with Crippen LogP contribution in [0.5, 0.6) is 0 Å². The molecule has 0 bridgehead atoms. The second-order valence-corrected chi connectivity index (χ2v) is 6.15. The van der Waals surface area contributed by atoms with Gasteiger partial charge in [0.25, 0.3) is 11.8 Å². The highest BCUT2D eigenvalue weighted by Crippen LogP contribution is 2.20. The van der Waals surface area contributed by atoms with Gasteiger partial charge in [-0.1, -0.05) is 24.9 Å². The minimum Gasteiger partial charge on any atom is -0.342 e. The first-order valence-electron chi connectivity index (χ1n) is 8.04. The molecule has 0 saturated carbocycles. The molecule has 1 N–H and O–H groups in total. The van der Waals surface area contributed by atoms with Crippen LogP contribution in [0, 0.1) is 5.82 Å². The molecule has 6 heteroatoms. The van der Waals surface area contributed by atoms with Crippen LogP contribution < -0.4 is 5.32 Å². The first-order valence-corrected chi connectivity index (χ1v) is 8.42. The molecule has 2 amide bonds. The molecule has 0 fully saturated rings. The van der Waals surface area contributed by atoms with Crippen LogP contribution in [-0.4, -0.2) is 30.3 Å². The average molecular weight is 363 g/mol. The molecule has 2 rings (SSSR count). The maximum absolute atomic E-state index is 13.1. The summed E-state index contributed by atoms with van der Waals surface area (Å²) in [6, 6.07) is 10.4. The van der Waals surface area contributed by atoms with Crippen LogP contribution >= 0.6 is 11.6 Å². The lowest BCUT2D eigenvalue weighted by atomic mass is 10.1. The molecule has 0 unspecified atom stereocenters. The van der Waals surface area contributed by atoms with Crippen molar-refractivity contribution in [3.63, 3.8) is 0 Å². The molecule has 132 valence electrons.